The fourth-order valence-electron chi connectivity index (χ4n) is 1.55. The summed E-state index contributed by atoms with van der Waals surface area (Å²) in [6.07, 6.45) is 0.511. The molecule has 1 aromatic carbocycles. The fourth-order valence-corrected chi connectivity index (χ4v) is 2.21. The zero-order chi connectivity index (χ0) is 13.4. The van der Waals surface area contributed by atoms with Crippen molar-refractivity contribution in [3.05, 3.63) is 35.9 Å². The van der Waals surface area contributed by atoms with Crippen LogP contribution in [0.4, 0.5) is 0 Å². The quantitative estimate of drug-likeness (QED) is 0.804. The normalized spacial score (nSPS) is 11.9. The van der Waals surface area contributed by atoms with Crippen LogP contribution in [-0.4, -0.2) is 29.4 Å². The highest BCUT2D eigenvalue weighted by atomic mass is 32.2. The zero-order valence-electron chi connectivity index (χ0n) is 10.4. The Morgan fingerprint density at radius 2 is 2.00 bits per heavy atom. The van der Waals surface area contributed by atoms with Gasteiger partial charge in [0.05, 0.1) is 0 Å². The van der Waals surface area contributed by atoms with Crippen molar-refractivity contribution in [3.8, 4) is 0 Å². The van der Waals surface area contributed by atoms with Gasteiger partial charge in [-0.1, -0.05) is 42.1 Å². The lowest BCUT2D eigenvalue weighted by atomic mass is 10.1. The maximum absolute atomic E-state index is 11.9. The molecule has 0 aromatic heterocycles. The average Bonchev–Trinajstić information content (AvgIpc) is 2.36. The Balaban J connectivity index is 2.66. The third-order valence-electron chi connectivity index (χ3n) is 2.31. The van der Waals surface area contributed by atoms with Gasteiger partial charge < -0.3 is 11.1 Å². The highest BCUT2D eigenvalue weighted by molar-refractivity contribution is 8.13. The predicted octanol–water partition coefficient (Wildman–Crippen LogP) is 0.952. The van der Waals surface area contributed by atoms with E-state index >= 15 is 0 Å². The first-order chi connectivity index (χ1) is 8.63. The number of thioether (sulfide) groups is 1. The molecule has 0 bridgehead atoms. The predicted molar refractivity (Wildman–Crippen MR) is 74.3 cm³/mol. The first-order valence-electron chi connectivity index (χ1n) is 5.81. The summed E-state index contributed by atoms with van der Waals surface area (Å²) in [6.45, 7) is 1.87. The van der Waals surface area contributed by atoms with Gasteiger partial charge in [-0.2, -0.15) is 0 Å². The lowest BCUT2D eigenvalue weighted by Crippen LogP contribution is -2.40. The van der Waals surface area contributed by atoms with Crippen LogP contribution in [-0.2, 0) is 16.0 Å². The largest absolute Gasteiger partial charge is 0.345 e. The molecule has 1 aromatic rings. The fraction of sp³-hybridized carbons (Fsp3) is 0.385. The highest BCUT2D eigenvalue weighted by Gasteiger charge is 2.19. The van der Waals surface area contributed by atoms with Crippen molar-refractivity contribution < 1.29 is 9.59 Å². The molecule has 0 aliphatic carbocycles. The maximum atomic E-state index is 11.9. The summed E-state index contributed by atoms with van der Waals surface area (Å²) in [6, 6.07) is 9.14. The second kappa shape index (κ2) is 7.89. The van der Waals surface area contributed by atoms with Crippen LogP contribution in [0.5, 0.6) is 0 Å². The van der Waals surface area contributed by atoms with E-state index in [4.69, 9.17) is 5.73 Å². The molecular weight excluding hydrogens is 248 g/mol. The molecule has 1 unspecified atom stereocenters. The van der Waals surface area contributed by atoms with Crippen LogP contribution in [0.15, 0.2) is 30.3 Å². The zero-order valence-corrected chi connectivity index (χ0v) is 11.2. The van der Waals surface area contributed by atoms with Gasteiger partial charge in [-0.15, -0.1) is 0 Å². The van der Waals surface area contributed by atoms with Gasteiger partial charge in [0.2, 0.25) is 11.0 Å². The van der Waals surface area contributed by atoms with Crippen molar-refractivity contribution in [1.29, 1.82) is 0 Å². The van der Waals surface area contributed by atoms with Gasteiger partial charge in [0.25, 0.3) is 0 Å². The van der Waals surface area contributed by atoms with Crippen LogP contribution < -0.4 is 11.1 Å². The van der Waals surface area contributed by atoms with Gasteiger partial charge in [0, 0.05) is 25.6 Å². The Hall–Kier alpha value is -1.33. The van der Waals surface area contributed by atoms with Gasteiger partial charge in [-0.05, 0) is 5.56 Å². The lowest BCUT2D eigenvalue weighted by Gasteiger charge is -2.16. The minimum absolute atomic E-state index is 0.0421. The second-order valence-corrected chi connectivity index (χ2v) is 5.00. The summed E-state index contributed by atoms with van der Waals surface area (Å²) in [5.74, 6) is 0.376. The molecule has 18 heavy (non-hydrogen) atoms. The van der Waals surface area contributed by atoms with E-state index in [1.165, 1.54) is 18.7 Å². The standard InChI is InChI=1S/C13H18N2O2S/c1-10(16)15-12(13(17)18-8-7-14)9-11-5-3-2-4-6-11/h2-6,12H,7-9,14H2,1H3,(H,15,16). The van der Waals surface area contributed by atoms with E-state index in [9.17, 15) is 9.59 Å². The first-order valence-corrected chi connectivity index (χ1v) is 6.79. The van der Waals surface area contributed by atoms with Gasteiger partial charge in [0.1, 0.15) is 6.04 Å². The summed E-state index contributed by atoms with van der Waals surface area (Å²) in [5, 5.41) is 2.64. The van der Waals surface area contributed by atoms with Crippen LogP contribution in [0.2, 0.25) is 0 Å². The van der Waals surface area contributed by atoms with Crippen LogP contribution in [0, 0.1) is 0 Å². The number of nitrogens with one attached hydrogen (secondary N) is 1. The smallest absolute Gasteiger partial charge is 0.217 e. The molecule has 0 saturated carbocycles. The van der Waals surface area contributed by atoms with Crippen molar-refractivity contribution in [3.63, 3.8) is 0 Å². The van der Waals surface area contributed by atoms with Crippen molar-refractivity contribution in [2.45, 2.75) is 19.4 Å². The molecule has 0 radical (unpaired) electrons. The molecule has 1 rings (SSSR count). The van der Waals surface area contributed by atoms with E-state index < -0.39 is 6.04 Å². The number of carbonyl (C=O) groups is 2. The van der Waals surface area contributed by atoms with E-state index in [0.717, 1.165) is 5.56 Å². The Labute approximate surface area is 111 Å². The van der Waals surface area contributed by atoms with Crippen molar-refractivity contribution >= 4 is 22.8 Å². The molecule has 0 aliphatic rings. The van der Waals surface area contributed by atoms with Crippen molar-refractivity contribution in [1.82, 2.24) is 5.32 Å². The molecule has 1 atom stereocenters. The number of amides is 1. The Morgan fingerprint density at radius 3 is 2.56 bits per heavy atom. The summed E-state index contributed by atoms with van der Waals surface area (Å²) < 4.78 is 0. The molecule has 0 saturated heterocycles. The van der Waals surface area contributed by atoms with Gasteiger partial charge in [-0.25, -0.2) is 0 Å². The first kappa shape index (κ1) is 14.7. The summed E-state index contributed by atoms with van der Waals surface area (Å²) >= 11 is 1.17. The third kappa shape index (κ3) is 5.33. The van der Waals surface area contributed by atoms with E-state index in [-0.39, 0.29) is 11.0 Å². The monoisotopic (exact) mass is 266 g/mol. The number of nitrogens with two attached hydrogens (primary N) is 1. The van der Waals surface area contributed by atoms with Crippen LogP contribution in [0.1, 0.15) is 12.5 Å². The van der Waals surface area contributed by atoms with Crippen LogP contribution in [0.3, 0.4) is 0 Å². The van der Waals surface area contributed by atoms with E-state index in [2.05, 4.69) is 5.32 Å². The average molecular weight is 266 g/mol. The Bertz CT molecular complexity index is 395. The molecule has 0 spiro atoms. The van der Waals surface area contributed by atoms with Gasteiger partial charge in [-0.3, -0.25) is 9.59 Å². The molecule has 1 amide bonds. The maximum Gasteiger partial charge on any atom is 0.217 e. The number of hydrogen-bond donors (Lipinski definition) is 2. The summed E-state index contributed by atoms with van der Waals surface area (Å²) in [7, 11) is 0. The van der Waals surface area contributed by atoms with Crippen LogP contribution in [0.25, 0.3) is 0 Å². The molecular formula is C13H18N2O2S. The number of rotatable bonds is 6. The number of carbonyl (C=O) groups excluding carboxylic acids is 2. The lowest BCUT2D eigenvalue weighted by molar-refractivity contribution is -0.123. The van der Waals surface area contributed by atoms with Gasteiger partial charge in [0.15, 0.2) is 0 Å². The van der Waals surface area contributed by atoms with Gasteiger partial charge >= 0.3 is 0 Å². The number of hydrogen-bond acceptors (Lipinski definition) is 4. The highest BCUT2D eigenvalue weighted by Crippen LogP contribution is 2.10. The van der Waals surface area contributed by atoms with Crippen molar-refractivity contribution in [2.24, 2.45) is 5.73 Å². The van der Waals surface area contributed by atoms with Crippen LogP contribution >= 0.6 is 11.8 Å². The summed E-state index contributed by atoms with van der Waals surface area (Å²) in [4.78, 5) is 23.1. The van der Waals surface area contributed by atoms with E-state index in [0.29, 0.717) is 18.7 Å². The van der Waals surface area contributed by atoms with E-state index in [1.807, 2.05) is 30.3 Å². The molecule has 3 N–H and O–H groups in total. The van der Waals surface area contributed by atoms with E-state index in [1.54, 1.807) is 0 Å². The molecule has 0 aliphatic heterocycles. The summed E-state index contributed by atoms with van der Waals surface area (Å²) in [5.41, 5.74) is 6.40. The topological polar surface area (TPSA) is 72.2 Å². The second-order valence-electron chi connectivity index (χ2n) is 3.90. The number of benzene rings is 1. The molecule has 4 nitrogen and oxygen atoms in total. The molecule has 0 heterocycles. The third-order valence-corrected chi connectivity index (χ3v) is 3.32. The molecule has 0 fully saturated rings. The minimum Gasteiger partial charge on any atom is -0.345 e. The molecule has 98 valence electrons. The van der Waals surface area contributed by atoms with Crippen molar-refractivity contribution in [2.75, 3.05) is 12.3 Å². The SMILES string of the molecule is CC(=O)NC(Cc1ccccc1)C(=O)SCCN. The Morgan fingerprint density at radius 1 is 1.33 bits per heavy atom. The minimum atomic E-state index is -0.485. The Kier molecular flexibility index (Phi) is 6.46. The molecule has 5 heteroatoms.